The zero-order valence-electron chi connectivity index (χ0n) is 30.9. The Bertz CT molecular complexity index is 2320. The lowest BCUT2D eigenvalue weighted by Gasteiger charge is -2.47. The van der Waals surface area contributed by atoms with Crippen LogP contribution in [0, 0.1) is 0 Å². The van der Waals surface area contributed by atoms with E-state index in [4.69, 9.17) is 25.4 Å². The molecule has 0 saturated heterocycles. The van der Waals surface area contributed by atoms with Gasteiger partial charge in [-0.15, -0.1) is 0 Å². The summed E-state index contributed by atoms with van der Waals surface area (Å²) < 4.78 is 19.6. The fraction of sp³-hybridized carbons (Fsp3) is 0.333. The van der Waals surface area contributed by atoms with Crippen LogP contribution in [-0.2, 0) is 28.0 Å². The number of benzene rings is 2. The number of nitrogens with two attached hydrogens (primary N) is 2. The number of esters is 1. The molecular formula is C42H46N4O9. The molecule has 288 valence electrons. The number of carbonyl (C=O) groups excluding carboxylic acids is 1. The molecule has 0 spiro atoms. The molecule has 1 aromatic heterocycles. The summed E-state index contributed by atoms with van der Waals surface area (Å²) in [5, 5.41) is 50.7. The molecule has 1 aliphatic carbocycles. The van der Waals surface area contributed by atoms with Crippen LogP contribution >= 0.6 is 0 Å². The first-order chi connectivity index (χ1) is 26.3. The minimum Gasteiger partial charge on any atom is -0.508 e. The van der Waals surface area contributed by atoms with Gasteiger partial charge < -0.3 is 56.4 Å². The van der Waals surface area contributed by atoms with Gasteiger partial charge in [0.2, 0.25) is 0 Å². The van der Waals surface area contributed by atoms with Gasteiger partial charge in [0.1, 0.15) is 58.1 Å². The van der Waals surface area contributed by atoms with Crippen molar-refractivity contribution in [3.8, 4) is 17.2 Å². The second kappa shape index (κ2) is 14.5. The zero-order chi connectivity index (χ0) is 39.2. The standard InChI is InChI=1S/C42H46N4O9/c1-4-22(2)40(52)54-31-18-29-36(51)33-30(50)17-26(20-47)53-38(33)34(37(29)55-41(31,3)13-10-23-8-9-32(43)46-19-23)35-27-12-15-45-39(44)28(27)11-14-42(35,21-48)24-6-5-7-25(49)16-24/h4-9,11-12,14,16-17,19,31-32,35,45-49,51H,10,13,15,18,20-21,43-44H2,1-3H3. The Morgan fingerprint density at radius 1 is 1.18 bits per heavy atom. The summed E-state index contributed by atoms with van der Waals surface area (Å²) in [5.41, 5.74) is 13.0. The van der Waals surface area contributed by atoms with Gasteiger partial charge in [-0.25, -0.2) is 4.79 Å². The van der Waals surface area contributed by atoms with Crippen molar-refractivity contribution in [2.45, 2.75) is 75.8 Å². The lowest BCUT2D eigenvalue weighted by Crippen LogP contribution is -2.52. The van der Waals surface area contributed by atoms with E-state index >= 15 is 0 Å². The van der Waals surface area contributed by atoms with Crippen molar-refractivity contribution in [3.05, 3.63) is 134 Å². The molecule has 3 aliphatic heterocycles. The van der Waals surface area contributed by atoms with E-state index in [1.807, 2.05) is 43.5 Å². The van der Waals surface area contributed by atoms with Crippen LogP contribution in [0.3, 0.4) is 0 Å². The molecule has 5 atom stereocenters. The van der Waals surface area contributed by atoms with Crippen molar-refractivity contribution in [2.24, 2.45) is 11.5 Å². The number of allylic oxidation sites excluding steroid dienone is 6. The number of dihydropyridines is 2. The summed E-state index contributed by atoms with van der Waals surface area (Å²) >= 11 is 0. The van der Waals surface area contributed by atoms with Gasteiger partial charge in [-0.3, -0.25) is 4.79 Å². The van der Waals surface area contributed by atoms with Gasteiger partial charge in [0.05, 0.1) is 12.8 Å². The van der Waals surface area contributed by atoms with Gasteiger partial charge >= 0.3 is 5.97 Å². The maximum Gasteiger partial charge on any atom is 0.333 e. The molecular weight excluding hydrogens is 704 g/mol. The van der Waals surface area contributed by atoms with E-state index in [0.717, 1.165) is 11.6 Å². The Kier molecular flexibility index (Phi) is 9.88. The number of aromatic hydroxyl groups is 2. The largest absolute Gasteiger partial charge is 0.508 e. The third-order valence-electron chi connectivity index (χ3n) is 11.3. The number of aliphatic hydroxyl groups excluding tert-OH is 2. The number of rotatable bonds is 9. The highest BCUT2D eigenvalue weighted by molar-refractivity contribution is 5.92. The third kappa shape index (κ3) is 6.47. The predicted octanol–water partition coefficient (Wildman–Crippen LogP) is 3.66. The number of carbonyl (C=O) groups is 1. The van der Waals surface area contributed by atoms with Crippen LogP contribution in [0.1, 0.15) is 62.0 Å². The van der Waals surface area contributed by atoms with Gasteiger partial charge in [0.25, 0.3) is 0 Å². The van der Waals surface area contributed by atoms with Gasteiger partial charge in [-0.1, -0.05) is 42.5 Å². The van der Waals surface area contributed by atoms with Crippen LogP contribution in [0.2, 0.25) is 0 Å². The molecule has 7 rings (SSSR count). The summed E-state index contributed by atoms with van der Waals surface area (Å²) in [7, 11) is 0. The van der Waals surface area contributed by atoms with Crippen molar-refractivity contribution in [3.63, 3.8) is 0 Å². The molecule has 2 aromatic carbocycles. The number of ether oxygens (including phenoxy) is 2. The maximum absolute atomic E-state index is 14.0. The van der Waals surface area contributed by atoms with E-state index in [1.165, 1.54) is 6.07 Å². The first-order valence-electron chi connectivity index (χ1n) is 18.2. The van der Waals surface area contributed by atoms with Crippen molar-refractivity contribution in [1.82, 2.24) is 10.6 Å². The van der Waals surface area contributed by atoms with E-state index < -0.39 is 53.4 Å². The number of hydrogen-bond donors (Lipinski definition) is 8. The predicted molar refractivity (Wildman–Crippen MR) is 206 cm³/mol. The van der Waals surface area contributed by atoms with Crippen molar-refractivity contribution in [2.75, 3.05) is 13.2 Å². The first-order valence-corrected chi connectivity index (χ1v) is 18.2. The highest BCUT2D eigenvalue weighted by atomic mass is 16.6. The van der Waals surface area contributed by atoms with Crippen LogP contribution in [0.15, 0.2) is 110 Å². The molecule has 0 fully saturated rings. The molecule has 55 heavy (non-hydrogen) atoms. The first kappa shape index (κ1) is 37.6. The number of hydrogen-bond acceptors (Lipinski definition) is 13. The van der Waals surface area contributed by atoms with Gasteiger partial charge in [-0.05, 0) is 68.5 Å². The topological polar surface area (TPSA) is 223 Å². The molecule has 0 bridgehead atoms. The lowest BCUT2D eigenvalue weighted by atomic mass is 9.60. The van der Waals surface area contributed by atoms with E-state index in [-0.39, 0.29) is 46.4 Å². The van der Waals surface area contributed by atoms with Crippen molar-refractivity contribution < 1.29 is 39.1 Å². The molecule has 13 heteroatoms. The number of phenols is 2. The van der Waals surface area contributed by atoms with Crippen LogP contribution in [0.4, 0.5) is 0 Å². The minimum absolute atomic E-state index is 0.0317. The quantitative estimate of drug-likeness (QED) is 0.116. The average Bonchev–Trinajstić information content (AvgIpc) is 3.18. The summed E-state index contributed by atoms with van der Waals surface area (Å²) in [6.45, 7) is 4.45. The molecule has 4 aliphatic rings. The Balaban J connectivity index is 1.54. The van der Waals surface area contributed by atoms with Crippen LogP contribution < -0.4 is 32.3 Å². The van der Waals surface area contributed by atoms with Crippen molar-refractivity contribution in [1.29, 1.82) is 0 Å². The van der Waals surface area contributed by atoms with Gasteiger partial charge in [-0.2, -0.15) is 0 Å². The van der Waals surface area contributed by atoms with E-state index in [1.54, 1.807) is 38.1 Å². The maximum atomic E-state index is 14.0. The number of fused-ring (bicyclic) bond motifs is 3. The SMILES string of the molecule is CC=C(C)C(=O)OC1Cc2c(c(C3C4=CCNC(N)=C4C=CC3(CO)c3cccc(O)c3)c3oc(CO)cc(=O)c3c2O)OC1(C)CCC1=CNC(N)C=C1. The van der Waals surface area contributed by atoms with Gasteiger partial charge in [0, 0.05) is 58.8 Å². The average molecular weight is 751 g/mol. The number of nitrogens with one attached hydrogen (secondary N) is 2. The van der Waals surface area contributed by atoms with Crippen LogP contribution in [0.5, 0.6) is 17.2 Å². The molecule has 0 radical (unpaired) electrons. The molecule has 13 nitrogen and oxygen atoms in total. The van der Waals surface area contributed by atoms with Crippen molar-refractivity contribution >= 4 is 16.9 Å². The zero-order valence-corrected chi connectivity index (χ0v) is 30.9. The fourth-order valence-electron chi connectivity index (χ4n) is 8.03. The molecule has 3 aromatic rings. The van der Waals surface area contributed by atoms with Crippen LogP contribution in [-0.4, -0.2) is 57.4 Å². The molecule has 0 amide bonds. The molecule has 5 unspecified atom stereocenters. The summed E-state index contributed by atoms with van der Waals surface area (Å²) in [5.74, 6) is -1.41. The normalized spacial score (nSPS) is 25.9. The monoisotopic (exact) mass is 750 g/mol. The van der Waals surface area contributed by atoms with E-state index in [2.05, 4.69) is 10.6 Å². The Hall–Kier alpha value is -5.76. The Labute approximate surface area is 317 Å². The third-order valence-corrected chi connectivity index (χ3v) is 11.3. The summed E-state index contributed by atoms with van der Waals surface area (Å²) in [6, 6.07) is 7.67. The molecule has 10 N–H and O–H groups in total. The van der Waals surface area contributed by atoms with Gasteiger partial charge in [0.15, 0.2) is 5.43 Å². The molecule has 0 saturated carbocycles. The number of aliphatic hydroxyl groups is 2. The van der Waals surface area contributed by atoms with Crippen LogP contribution in [0.25, 0.3) is 11.0 Å². The summed E-state index contributed by atoms with van der Waals surface area (Å²) in [4.78, 5) is 27.3. The van der Waals surface area contributed by atoms with E-state index in [9.17, 15) is 30.0 Å². The highest BCUT2D eigenvalue weighted by Crippen LogP contribution is 2.58. The Morgan fingerprint density at radius 2 is 1.98 bits per heavy atom. The second-order valence-electron chi connectivity index (χ2n) is 14.6. The smallest absolute Gasteiger partial charge is 0.333 e. The fourth-order valence-corrected chi connectivity index (χ4v) is 8.03. The highest BCUT2D eigenvalue weighted by Gasteiger charge is 2.52. The number of phenolic OH excluding ortho intramolecular Hbond substituents is 2. The second-order valence-corrected chi connectivity index (χ2v) is 14.6. The van der Waals surface area contributed by atoms with E-state index in [0.29, 0.717) is 53.1 Å². The Morgan fingerprint density at radius 3 is 2.67 bits per heavy atom. The minimum atomic E-state index is -1.31. The molecule has 4 heterocycles. The lowest BCUT2D eigenvalue weighted by molar-refractivity contribution is -0.158. The summed E-state index contributed by atoms with van der Waals surface area (Å²) in [6.07, 6.45) is 12.3.